The van der Waals surface area contributed by atoms with E-state index in [0.29, 0.717) is 52.7 Å². The van der Waals surface area contributed by atoms with E-state index in [1.165, 1.54) is 21.3 Å². The van der Waals surface area contributed by atoms with Crippen LogP contribution in [-0.2, 0) is 14.3 Å². The molecule has 0 radical (unpaired) electrons. The summed E-state index contributed by atoms with van der Waals surface area (Å²) >= 11 is 0. The van der Waals surface area contributed by atoms with Gasteiger partial charge in [-0.15, -0.1) is 0 Å². The number of nitrogens with zero attached hydrogens (tertiary/aromatic N) is 1. The van der Waals surface area contributed by atoms with Crippen molar-refractivity contribution in [3.8, 4) is 23.0 Å². The zero-order valence-corrected chi connectivity index (χ0v) is 23.5. The van der Waals surface area contributed by atoms with Gasteiger partial charge in [0.2, 0.25) is 5.75 Å². The lowest BCUT2D eigenvalue weighted by Crippen LogP contribution is -2.43. The first kappa shape index (κ1) is 27.9. The molecule has 9 heteroatoms. The molecule has 0 saturated heterocycles. The number of allylic oxidation sites excluding steroid dienone is 2. The zero-order valence-electron chi connectivity index (χ0n) is 23.5. The molecule has 9 nitrogen and oxygen atoms in total. The summed E-state index contributed by atoms with van der Waals surface area (Å²) in [4.78, 5) is 29.3. The molecule has 0 bridgehead atoms. The van der Waals surface area contributed by atoms with Gasteiger partial charge in [0.1, 0.15) is 11.6 Å². The van der Waals surface area contributed by atoms with E-state index in [1.807, 2.05) is 24.3 Å². The van der Waals surface area contributed by atoms with Gasteiger partial charge in [0.25, 0.3) is 0 Å². The van der Waals surface area contributed by atoms with Crippen LogP contribution in [-0.4, -0.2) is 46.8 Å². The fourth-order valence-electron chi connectivity index (χ4n) is 5.45. The van der Waals surface area contributed by atoms with Gasteiger partial charge in [-0.3, -0.25) is 9.69 Å². The van der Waals surface area contributed by atoms with E-state index < -0.39 is 11.9 Å². The summed E-state index contributed by atoms with van der Waals surface area (Å²) in [6, 6.07) is 10.8. The molecular formula is C30H36N2O7. The van der Waals surface area contributed by atoms with Crippen LogP contribution in [0, 0.1) is 5.41 Å². The number of ketones is 1. The molecule has 2 aromatic rings. The van der Waals surface area contributed by atoms with Crippen LogP contribution in [0.25, 0.3) is 0 Å². The topological polar surface area (TPSA) is 110 Å². The lowest BCUT2D eigenvalue weighted by Gasteiger charge is -2.44. The van der Waals surface area contributed by atoms with Crippen molar-refractivity contribution in [2.45, 2.75) is 39.5 Å². The predicted molar refractivity (Wildman–Crippen MR) is 147 cm³/mol. The number of methoxy groups -OCH3 is 4. The summed E-state index contributed by atoms with van der Waals surface area (Å²) in [5.74, 6) is 0.610. The Labute approximate surface area is 229 Å². The van der Waals surface area contributed by atoms with Crippen molar-refractivity contribution < 1.29 is 33.3 Å². The number of hydrogen-bond acceptors (Lipinski definition) is 9. The fourth-order valence-corrected chi connectivity index (χ4v) is 5.45. The second kappa shape index (κ2) is 10.9. The van der Waals surface area contributed by atoms with E-state index in [2.05, 4.69) is 13.8 Å². The number of carbonyl (C=O) groups is 2. The van der Waals surface area contributed by atoms with Crippen molar-refractivity contribution in [3.63, 3.8) is 0 Å². The summed E-state index contributed by atoms with van der Waals surface area (Å²) in [6.45, 7) is 5.98. The third kappa shape index (κ3) is 5.01. The van der Waals surface area contributed by atoms with Crippen LogP contribution < -0.4 is 29.6 Å². The molecule has 0 aromatic heterocycles. The largest absolute Gasteiger partial charge is 0.497 e. The van der Waals surface area contributed by atoms with Crippen LogP contribution in [0.15, 0.2) is 59.1 Å². The van der Waals surface area contributed by atoms with Crippen LogP contribution in [0.1, 0.15) is 45.1 Å². The first-order valence-corrected chi connectivity index (χ1v) is 12.8. The lowest BCUT2D eigenvalue weighted by atomic mass is 9.68. The molecule has 2 N–H and O–H groups in total. The Morgan fingerprint density at radius 2 is 1.59 bits per heavy atom. The van der Waals surface area contributed by atoms with Gasteiger partial charge in [-0.05, 0) is 60.7 Å². The molecule has 0 unspecified atom stereocenters. The highest BCUT2D eigenvalue weighted by molar-refractivity contribution is 6.05. The van der Waals surface area contributed by atoms with Crippen LogP contribution in [0.2, 0.25) is 0 Å². The smallest absolute Gasteiger partial charge is 0.338 e. The van der Waals surface area contributed by atoms with Crippen LogP contribution >= 0.6 is 0 Å². The highest BCUT2D eigenvalue weighted by Gasteiger charge is 2.47. The van der Waals surface area contributed by atoms with Gasteiger partial charge in [-0.25, -0.2) is 4.79 Å². The van der Waals surface area contributed by atoms with Crippen molar-refractivity contribution in [3.05, 3.63) is 64.6 Å². The zero-order chi connectivity index (χ0) is 28.5. The molecule has 0 amide bonds. The van der Waals surface area contributed by atoms with E-state index in [4.69, 9.17) is 29.4 Å². The number of rotatable bonds is 8. The van der Waals surface area contributed by atoms with E-state index in [9.17, 15) is 9.59 Å². The summed E-state index contributed by atoms with van der Waals surface area (Å²) < 4.78 is 27.5. The molecule has 0 fully saturated rings. The minimum atomic E-state index is -0.800. The number of carbonyl (C=O) groups excluding carboxylic acids is 2. The number of benzene rings is 2. The Bertz CT molecular complexity index is 1320. The molecule has 2 aliphatic rings. The normalized spacial score (nSPS) is 18.5. The van der Waals surface area contributed by atoms with Gasteiger partial charge >= 0.3 is 5.97 Å². The monoisotopic (exact) mass is 536 g/mol. The minimum absolute atomic E-state index is 0.0622. The molecule has 1 heterocycles. The second-order valence-corrected chi connectivity index (χ2v) is 10.2. The fraction of sp³-hybridized carbons (Fsp3) is 0.400. The SMILES string of the molecule is CCOC(=O)C1=C(N)N(c2ccc(OC)cc2)C2=C(C(=O)CC(C)(C)C2)[C@@H]1c1cc(OC)c(OC)c(OC)c1. The molecule has 0 saturated carbocycles. The molecule has 1 aliphatic carbocycles. The average molecular weight is 537 g/mol. The number of ether oxygens (including phenoxy) is 5. The standard InChI is InChI=1S/C30H36N2O7/c1-8-39-29(34)26-24(17-13-22(36-5)27(38-7)23(14-17)37-6)25-20(15-30(2,3)16-21(25)33)32(28(26)31)18-9-11-19(35-4)12-10-18/h9-14,24H,8,15-16,31H2,1-7H3/t24-/m0/s1. The summed E-state index contributed by atoms with van der Waals surface area (Å²) in [6.07, 6.45) is 0.886. The average Bonchev–Trinajstić information content (AvgIpc) is 2.91. The quantitative estimate of drug-likeness (QED) is 0.480. The number of hydrogen-bond donors (Lipinski definition) is 1. The van der Waals surface area contributed by atoms with E-state index in [0.717, 1.165) is 5.70 Å². The van der Waals surface area contributed by atoms with Gasteiger partial charge in [-0.2, -0.15) is 0 Å². The maximum Gasteiger partial charge on any atom is 0.338 e. The maximum atomic E-state index is 14.0. The van der Waals surface area contributed by atoms with Gasteiger partial charge in [0.05, 0.1) is 46.5 Å². The minimum Gasteiger partial charge on any atom is -0.497 e. The Balaban J connectivity index is 2.06. The summed E-state index contributed by atoms with van der Waals surface area (Å²) in [5, 5.41) is 0. The molecule has 39 heavy (non-hydrogen) atoms. The third-order valence-electron chi connectivity index (χ3n) is 7.11. The Morgan fingerprint density at radius 3 is 2.10 bits per heavy atom. The summed E-state index contributed by atoms with van der Waals surface area (Å²) in [7, 11) is 6.14. The Morgan fingerprint density at radius 1 is 0.974 bits per heavy atom. The van der Waals surface area contributed by atoms with Crippen LogP contribution in [0.4, 0.5) is 5.69 Å². The first-order chi connectivity index (χ1) is 18.6. The van der Waals surface area contributed by atoms with Crippen LogP contribution in [0.5, 0.6) is 23.0 Å². The number of esters is 1. The highest BCUT2D eigenvalue weighted by Crippen LogP contribution is 2.52. The molecular weight excluding hydrogens is 500 g/mol. The molecule has 0 spiro atoms. The molecule has 2 aromatic carbocycles. The maximum absolute atomic E-state index is 14.0. The van der Waals surface area contributed by atoms with Gasteiger partial charge < -0.3 is 29.4 Å². The van der Waals surface area contributed by atoms with Crippen molar-refractivity contribution in [2.24, 2.45) is 11.1 Å². The summed E-state index contributed by atoms with van der Waals surface area (Å²) in [5.41, 5.74) is 9.27. The number of anilines is 1. The number of nitrogens with two attached hydrogens (primary N) is 1. The lowest BCUT2D eigenvalue weighted by molar-refractivity contribution is -0.138. The van der Waals surface area contributed by atoms with Crippen LogP contribution in [0.3, 0.4) is 0 Å². The van der Waals surface area contributed by atoms with E-state index in [-0.39, 0.29) is 29.2 Å². The van der Waals surface area contributed by atoms with Crippen molar-refractivity contribution in [1.29, 1.82) is 0 Å². The van der Waals surface area contributed by atoms with E-state index >= 15 is 0 Å². The van der Waals surface area contributed by atoms with Gasteiger partial charge in [-0.1, -0.05) is 13.8 Å². The highest BCUT2D eigenvalue weighted by atomic mass is 16.5. The van der Waals surface area contributed by atoms with Gasteiger partial charge in [0.15, 0.2) is 17.3 Å². The third-order valence-corrected chi connectivity index (χ3v) is 7.11. The molecule has 1 aliphatic heterocycles. The van der Waals surface area contributed by atoms with Crippen molar-refractivity contribution in [1.82, 2.24) is 0 Å². The molecule has 1 atom stereocenters. The van der Waals surface area contributed by atoms with Crippen molar-refractivity contribution in [2.75, 3.05) is 39.9 Å². The Kier molecular flexibility index (Phi) is 7.81. The van der Waals surface area contributed by atoms with E-state index in [1.54, 1.807) is 31.1 Å². The Hall–Kier alpha value is -4.14. The number of Topliss-reactive ketones (excluding diaryl/α,β-unsaturated/α-hetero) is 1. The first-order valence-electron chi connectivity index (χ1n) is 12.8. The van der Waals surface area contributed by atoms with Gasteiger partial charge in [0, 0.05) is 23.4 Å². The van der Waals surface area contributed by atoms with Crippen molar-refractivity contribution >= 4 is 17.4 Å². The second-order valence-electron chi connectivity index (χ2n) is 10.2. The molecule has 4 rings (SSSR count). The molecule has 208 valence electrons. The predicted octanol–water partition coefficient (Wildman–Crippen LogP) is 4.70.